The minimum atomic E-state index is -0.204. The Morgan fingerprint density at radius 3 is 3.14 bits per heavy atom. The number of nitrogens with zero attached hydrogens (tertiary/aromatic N) is 2. The minimum absolute atomic E-state index is 0.113. The number of anilines is 1. The van der Waals surface area contributed by atoms with Crippen LogP contribution in [0.4, 0.5) is 5.69 Å². The number of ether oxygens (including phenoxy) is 2. The van der Waals surface area contributed by atoms with Crippen molar-refractivity contribution in [1.82, 2.24) is 9.55 Å². The monoisotopic (exact) mass is 399 g/mol. The molecule has 1 aliphatic rings. The van der Waals surface area contributed by atoms with Gasteiger partial charge >= 0.3 is 0 Å². The third kappa shape index (κ3) is 3.60. The molecule has 0 saturated carbocycles. The second kappa shape index (κ2) is 7.63. The summed E-state index contributed by atoms with van der Waals surface area (Å²) in [5, 5.41) is 5.30. The maximum absolute atomic E-state index is 12.5. The van der Waals surface area contributed by atoms with E-state index in [1.54, 1.807) is 6.07 Å². The fourth-order valence-corrected chi connectivity index (χ4v) is 4.02. The normalized spacial score (nSPS) is 15.3. The smallest absolute Gasteiger partial charge is 0.262 e. The Hall–Kier alpha value is -2.87. The van der Waals surface area contributed by atoms with Crippen molar-refractivity contribution in [2.75, 3.05) is 11.9 Å². The molecule has 8 heteroatoms. The second-order valence-electron chi connectivity index (χ2n) is 6.70. The first-order valence-corrected chi connectivity index (χ1v) is 10.1. The van der Waals surface area contributed by atoms with Crippen molar-refractivity contribution in [2.24, 2.45) is 0 Å². The van der Waals surface area contributed by atoms with Gasteiger partial charge in [-0.1, -0.05) is 0 Å². The molecule has 0 saturated heterocycles. The van der Waals surface area contributed by atoms with Crippen LogP contribution >= 0.6 is 11.3 Å². The lowest BCUT2D eigenvalue weighted by Crippen LogP contribution is -2.23. The van der Waals surface area contributed by atoms with Crippen LogP contribution in [0.3, 0.4) is 0 Å². The van der Waals surface area contributed by atoms with Gasteiger partial charge in [0.2, 0.25) is 5.91 Å². The van der Waals surface area contributed by atoms with E-state index in [-0.39, 0.29) is 30.5 Å². The van der Waals surface area contributed by atoms with Crippen molar-refractivity contribution < 1.29 is 14.3 Å². The van der Waals surface area contributed by atoms with E-state index in [1.807, 2.05) is 31.4 Å². The summed E-state index contributed by atoms with van der Waals surface area (Å²) in [6, 6.07) is 5.50. The zero-order valence-corrected chi connectivity index (χ0v) is 16.5. The number of aryl methyl sites for hydroxylation is 1. The number of benzene rings is 1. The molecule has 1 aliphatic heterocycles. The van der Waals surface area contributed by atoms with E-state index in [4.69, 9.17) is 9.47 Å². The fraction of sp³-hybridized carbons (Fsp3) is 0.350. The number of thiophene rings is 1. The van der Waals surface area contributed by atoms with Gasteiger partial charge in [-0.2, -0.15) is 0 Å². The van der Waals surface area contributed by atoms with E-state index in [0.29, 0.717) is 28.3 Å². The van der Waals surface area contributed by atoms with Gasteiger partial charge in [-0.25, -0.2) is 4.98 Å². The summed E-state index contributed by atoms with van der Waals surface area (Å²) < 4.78 is 12.9. The lowest BCUT2D eigenvalue weighted by atomic mass is 10.1. The Bertz CT molecular complexity index is 1090. The average Bonchev–Trinajstić information content (AvgIpc) is 3.27. The molecular weight excluding hydrogens is 378 g/mol. The van der Waals surface area contributed by atoms with E-state index >= 15 is 0 Å². The van der Waals surface area contributed by atoms with Crippen molar-refractivity contribution in [3.8, 4) is 11.5 Å². The van der Waals surface area contributed by atoms with E-state index in [0.717, 1.165) is 17.7 Å². The fourth-order valence-electron chi connectivity index (χ4n) is 3.30. The summed E-state index contributed by atoms with van der Waals surface area (Å²) in [6.07, 6.45) is 2.58. The quantitative estimate of drug-likeness (QED) is 0.688. The first kappa shape index (κ1) is 18.5. The summed E-state index contributed by atoms with van der Waals surface area (Å²) >= 11 is 1.42. The molecule has 0 fully saturated rings. The third-order valence-corrected chi connectivity index (χ3v) is 5.42. The Labute approximate surface area is 165 Å². The van der Waals surface area contributed by atoms with Gasteiger partial charge < -0.3 is 14.8 Å². The van der Waals surface area contributed by atoms with Gasteiger partial charge in [0.15, 0.2) is 0 Å². The van der Waals surface area contributed by atoms with Crippen LogP contribution in [0.1, 0.15) is 25.8 Å². The molecule has 1 unspecified atom stereocenters. The number of nitrogens with one attached hydrogen (secondary N) is 1. The SMILES string of the molecule is CCOc1cc2c(cc1NC(=O)CCn1cnc3sccc3c1=O)OC(C)C2. The summed E-state index contributed by atoms with van der Waals surface area (Å²) in [4.78, 5) is 29.9. The summed E-state index contributed by atoms with van der Waals surface area (Å²) in [7, 11) is 0. The molecule has 0 radical (unpaired) electrons. The number of aromatic nitrogens is 2. The molecule has 1 atom stereocenters. The van der Waals surface area contributed by atoms with Crippen LogP contribution in [0.2, 0.25) is 0 Å². The second-order valence-corrected chi connectivity index (χ2v) is 7.60. The molecule has 1 amide bonds. The molecule has 3 aromatic rings. The van der Waals surface area contributed by atoms with Crippen molar-refractivity contribution in [3.63, 3.8) is 0 Å². The van der Waals surface area contributed by atoms with E-state index in [2.05, 4.69) is 10.3 Å². The molecule has 7 nitrogen and oxygen atoms in total. The highest BCUT2D eigenvalue weighted by Gasteiger charge is 2.22. The molecule has 3 heterocycles. The molecule has 4 rings (SSSR count). The van der Waals surface area contributed by atoms with E-state index < -0.39 is 0 Å². The highest BCUT2D eigenvalue weighted by atomic mass is 32.1. The van der Waals surface area contributed by atoms with Gasteiger partial charge in [0.1, 0.15) is 22.4 Å². The van der Waals surface area contributed by atoms with Crippen LogP contribution in [0, 0.1) is 0 Å². The zero-order valence-electron chi connectivity index (χ0n) is 15.7. The van der Waals surface area contributed by atoms with Crippen LogP contribution in [-0.4, -0.2) is 28.2 Å². The van der Waals surface area contributed by atoms with Gasteiger partial charge in [0.25, 0.3) is 5.56 Å². The topological polar surface area (TPSA) is 82.5 Å². The Morgan fingerprint density at radius 2 is 2.32 bits per heavy atom. The van der Waals surface area contributed by atoms with Crippen LogP contribution in [0.25, 0.3) is 10.2 Å². The van der Waals surface area contributed by atoms with Gasteiger partial charge in [0, 0.05) is 31.0 Å². The first-order valence-electron chi connectivity index (χ1n) is 9.24. The number of rotatable bonds is 6. The molecule has 1 aromatic carbocycles. The van der Waals surface area contributed by atoms with Gasteiger partial charge in [-0.15, -0.1) is 11.3 Å². The summed E-state index contributed by atoms with van der Waals surface area (Å²) in [5.41, 5.74) is 1.53. The van der Waals surface area contributed by atoms with E-state index in [9.17, 15) is 9.59 Å². The molecule has 28 heavy (non-hydrogen) atoms. The summed E-state index contributed by atoms with van der Waals surface area (Å²) in [5.74, 6) is 1.20. The molecule has 146 valence electrons. The predicted octanol–water partition coefficient (Wildman–Crippen LogP) is 3.21. The minimum Gasteiger partial charge on any atom is -0.492 e. The third-order valence-electron chi connectivity index (χ3n) is 4.60. The molecule has 0 bridgehead atoms. The van der Waals surface area contributed by atoms with Gasteiger partial charge in [-0.3, -0.25) is 14.2 Å². The maximum atomic E-state index is 12.5. The average molecular weight is 399 g/mol. The van der Waals surface area contributed by atoms with Crippen LogP contribution in [0.5, 0.6) is 11.5 Å². The van der Waals surface area contributed by atoms with Crippen LogP contribution in [0.15, 0.2) is 34.7 Å². The van der Waals surface area contributed by atoms with Crippen LogP contribution < -0.4 is 20.3 Å². The predicted molar refractivity (Wildman–Crippen MR) is 109 cm³/mol. The number of carbonyl (C=O) groups excluding carboxylic acids is 1. The number of amides is 1. The highest BCUT2D eigenvalue weighted by Crippen LogP contribution is 2.38. The lowest BCUT2D eigenvalue weighted by Gasteiger charge is -2.14. The van der Waals surface area contributed by atoms with Crippen molar-refractivity contribution >= 4 is 33.1 Å². The highest BCUT2D eigenvalue weighted by molar-refractivity contribution is 7.16. The van der Waals surface area contributed by atoms with Gasteiger partial charge in [0.05, 0.1) is 24.0 Å². The van der Waals surface area contributed by atoms with Gasteiger partial charge in [-0.05, 0) is 31.4 Å². The van der Waals surface area contributed by atoms with E-state index in [1.165, 1.54) is 22.2 Å². The number of hydrogen-bond acceptors (Lipinski definition) is 6. The van der Waals surface area contributed by atoms with Crippen molar-refractivity contribution in [3.05, 3.63) is 45.8 Å². The Balaban J connectivity index is 1.48. The first-order chi connectivity index (χ1) is 13.5. The van der Waals surface area contributed by atoms with Crippen LogP contribution in [-0.2, 0) is 17.8 Å². The summed E-state index contributed by atoms with van der Waals surface area (Å²) in [6.45, 7) is 4.66. The largest absolute Gasteiger partial charge is 0.492 e. The zero-order chi connectivity index (χ0) is 19.7. The van der Waals surface area contributed by atoms with Crippen molar-refractivity contribution in [2.45, 2.75) is 39.3 Å². The molecule has 1 N–H and O–H groups in total. The lowest BCUT2D eigenvalue weighted by molar-refractivity contribution is -0.116. The molecular formula is C20H21N3O4S. The maximum Gasteiger partial charge on any atom is 0.262 e. The molecule has 0 spiro atoms. The number of fused-ring (bicyclic) bond motifs is 2. The molecule has 2 aromatic heterocycles. The standard InChI is InChI=1S/C20H21N3O4S/c1-3-26-17-9-13-8-12(2)27-16(13)10-15(17)22-18(24)4-6-23-11-21-19-14(20(23)25)5-7-28-19/h5,7,9-12H,3-4,6,8H2,1-2H3,(H,22,24). The number of hydrogen-bond donors (Lipinski definition) is 1. The molecule has 0 aliphatic carbocycles. The Morgan fingerprint density at radius 1 is 1.46 bits per heavy atom. The Kier molecular flexibility index (Phi) is 5.04. The van der Waals surface area contributed by atoms with Crippen molar-refractivity contribution in [1.29, 1.82) is 0 Å². The number of carbonyl (C=O) groups is 1.